The number of nitrogens with one attached hydrogen (secondary N) is 5. The second-order valence-corrected chi connectivity index (χ2v) is 6.56. The standard InChI is InChI=1S/C3H8N2O.2C3H7NO2.C3H7NO.C3H6O3.C3H6O2.C3H6OS.C2H6O/c1-4-3(6)5-2;2*1-4-3(5)6-2;1-3(5)4-2;1-5-3(4)6-2;2*1-3(4)5-2;1-3-2/h1-2H3,(H2,4,5,6);2*1-2H3,(H,4,5);1-2H3,(H,4,5);1-2H3;2*1-2H3;1-2H3. The van der Waals surface area contributed by atoms with Gasteiger partial charge in [-0.15, -0.1) is 0 Å². The van der Waals surface area contributed by atoms with E-state index >= 15 is 0 Å². The molecule has 0 spiro atoms. The molecule has 5 N–H and O–H groups in total. The number of hydrogen-bond acceptors (Lipinski definition) is 14. The van der Waals surface area contributed by atoms with Gasteiger partial charge in [0.15, 0.2) is 5.12 Å². The van der Waals surface area contributed by atoms with Crippen LogP contribution in [0.25, 0.3) is 0 Å². The molecule has 0 aliphatic carbocycles. The third-order valence-electron chi connectivity index (χ3n) is 2.49. The summed E-state index contributed by atoms with van der Waals surface area (Å²) >= 11 is 1.24. The van der Waals surface area contributed by atoms with Gasteiger partial charge < -0.3 is 55.0 Å². The maximum absolute atomic E-state index is 9.96. The maximum atomic E-state index is 9.96. The Labute approximate surface area is 253 Å². The zero-order valence-corrected chi connectivity index (χ0v) is 28.5. The summed E-state index contributed by atoms with van der Waals surface area (Å²) in [5.41, 5.74) is 0. The Bertz CT molecular complexity index is 535. The van der Waals surface area contributed by atoms with E-state index < -0.39 is 18.3 Å². The number of urea groups is 1. The number of carbonyl (C=O) groups excluding carboxylic acids is 7. The summed E-state index contributed by atoms with van der Waals surface area (Å²) in [6, 6.07) is -0.157. The summed E-state index contributed by atoms with van der Waals surface area (Å²) in [5, 5.41) is 11.8. The highest BCUT2D eigenvalue weighted by atomic mass is 32.2. The number of esters is 1. The van der Waals surface area contributed by atoms with Crippen molar-refractivity contribution >= 4 is 53.1 Å². The van der Waals surface area contributed by atoms with E-state index in [-0.39, 0.29) is 23.0 Å². The first kappa shape index (κ1) is 57.8. The fourth-order valence-electron chi connectivity index (χ4n) is 0.412. The first-order chi connectivity index (χ1) is 19.5. The zero-order chi connectivity index (χ0) is 35.5. The fourth-order valence-corrected chi connectivity index (χ4v) is 0.412. The van der Waals surface area contributed by atoms with E-state index in [1.54, 1.807) is 48.5 Å². The Kier molecular flexibility index (Phi) is 78.5. The molecule has 0 heterocycles. The van der Waals surface area contributed by atoms with Crippen LogP contribution in [0.2, 0.25) is 0 Å². The van der Waals surface area contributed by atoms with Crippen LogP contribution in [-0.2, 0) is 42.8 Å². The zero-order valence-electron chi connectivity index (χ0n) is 27.7. The number of carbonyl (C=O) groups is 7. The van der Waals surface area contributed by atoms with Gasteiger partial charge in [0.05, 0.1) is 35.5 Å². The smallest absolute Gasteiger partial charge is 0.469 e. The molecule has 0 radical (unpaired) electrons. The van der Waals surface area contributed by atoms with Crippen LogP contribution in [0, 0.1) is 0 Å². The van der Waals surface area contributed by atoms with Gasteiger partial charge in [-0.1, -0.05) is 11.8 Å². The molecule has 0 aromatic heterocycles. The second kappa shape index (κ2) is 57.0. The van der Waals surface area contributed by atoms with Crippen molar-refractivity contribution in [2.24, 2.45) is 0 Å². The number of thioether (sulfide) groups is 1. The lowest BCUT2D eigenvalue weighted by atomic mass is 10.7. The molecule has 0 aromatic carbocycles. The van der Waals surface area contributed by atoms with Crippen LogP contribution < -0.4 is 26.6 Å². The molecular formula is C23H53N5O13S. The molecule has 0 aromatic rings. The minimum atomic E-state index is -0.657. The lowest BCUT2D eigenvalue weighted by Gasteiger charge is -1.91. The normalized spacial score (nSPS) is 6.95. The van der Waals surface area contributed by atoms with Crippen LogP contribution >= 0.6 is 11.8 Å². The van der Waals surface area contributed by atoms with E-state index in [4.69, 9.17) is 0 Å². The molecule has 5 amide bonds. The van der Waals surface area contributed by atoms with Gasteiger partial charge in [0, 0.05) is 70.2 Å². The largest absolute Gasteiger partial charge is 0.507 e. The Balaban J connectivity index is -0.0000000528. The van der Waals surface area contributed by atoms with Crippen molar-refractivity contribution in [3.05, 3.63) is 0 Å². The Morgan fingerprint density at radius 2 is 0.738 bits per heavy atom. The van der Waals surface area contributed by atoms with Gasteiger partial charge in [-0.25, -0.2) is 19.2 Å². The quantitative estimate of drug-likeness (QED) is 0.184. The van der Waals surface area contributed by atoms with Gasteiger partial charge in [-0.2, -0.15) is 0 Å². The molecule has 0 rings (SSSR count). The van der Waals surface area contributed by atoms with Crippen LogP contribution in [0.15, 0.2) is 0 Å². The molecule has 42 heavy (non-hydrogen) atoms. The number of amides is 5. The summed E-state index contributed by atoms with van der Waals surface area (Å²) in [7, 11) is 17.5. The molecule has 0 unspecified atom stereocenters. The van der Waals surface area contributed by atoms with E-state index in [1.807, 2.05) is 0 Å². The molecule has 254 valence electrons. The van der Waals surface area contributed by atoms with Crippen LogP contribution in [0.3, 0.4) is 0 Å². The topological polar surface area (TPSA) is 235 Å². The highest BCUT2D eigenvalue weighted by Gasteiger charge is 1.89. The molecule has 0 aliphatic rings. The summed E-state index contributed by atoms with van der Waals surface area (Å²) in [6.07, 6.45) is 0.294. The Hall–Kier alpha value is -4.00. The van der Waals surface area contributed by atoms with Crippen molar-refractivity contribution in [2.45, 2.75) is 20.8 Å². The van der Waals surface area contributed by atoms with Crippen LogP contribution in [-0.4, -0.2) is 133 Å². The first-order valence-electron chi connectivity index (χ1n) is 11.2. The van der Waals surface area contributed by atoms with Crippen molar-refractivity contribution in [3.8, 4) is 0 Å². The fraction of sp³-hybridized carbons (Fsp3) is 0.696. The monoisotopic (exact) mass is 639 g/mol. The number of hydrogen-bond donors (Lipinski definition) is 5. The van der Waals surface area contributed by atoms with Crippen LogP contribution in [0.5, 0.6) is 0 Å². The number of ether oxygens (including phenoxy) is 6. The molecule has 0 saturated carbocycles. The summed E-state index contributed by atoms with van der Waals surface area (Å²) < 4.78 is 24.7. The van der Waals surface area contributed by atoms with Gasteiger partial charge in [0.2, 0.25) is 5.91 Å². The summed E-state index contributed by atoms with van der Waals surface area (Å²) in [4.78, 5) is 68.5. The molecular weight excluding hydrogens is 586 g/mol. The minimum Gasteiger partial charge on any atom is -0.469 e. The van der Waals surface area contributed by atoms with E-state index in [1.165, 1.54) is 75.3 Å². The average molecular weight is 640 g/mol. The van der Waals surface area contributed by atoms with Crippen molar-refractivity contribution in [3.63, 3.8) is 0 Å². The molecule has 18 nitrogen and oxygen atoms in total. The van der Waals surface area contributed by atoms with Crippen molar-refractivity contribution in [1.82, 2.24) is 26.6 Å². The number of rotatable bonds is 0. The lowest BCUT2D eigenvalue weighted by Crippen LogP contribution is -2.28. The van der Waals surface area contributed by atoms with Gasteiger partial charge in [0.25, 0.3) is 0 Å². The Morgan fingerprint density at radius 1 is 0.500 bits per heavy atom. The molecule has 0 saturated heterocycles. The highest BCUT2D eigenvalue weighted by molar-refractivity contribution is 8.12. The highest BCUT2D eigenvalue weighted by Crippen LogP contribution is 1.88. The van der Waals surface area contributed by atoms with Crippen LogP contribution in [0.1, 0.15) is 20.8 Å². The third-order valence-corrected chi connectivity index (χ3v) is 3.07. The van der Waals surface area contributed by atoms with Crippen molar-refractivity contribution in [1.29, 1.82) is 0 Å². The molecule has 0 fully saturated rings. The lowest BCUT2D eigenvalue weighted by molar-refractivity contribution is -0.138. The number of methoxy groups -OCH3 is 6. The summed E-state index contributed by atoms with van der Waals surface area (Å²) in [6.45, 7) is 4.38. The Morgan fingerprint density at radius 3 is 0.738 bits per heavy atom. The molecule has 0 atom stereocenters. The summed E-state index contributed by atoms with van der Waals surface area (Å²) in [5.74, 6) is -0.241. The van der Waals surface area contributed by atoms with Crippen molar-refractivity contribution < 1.29 is 62.0 Å². The van der Waals surface area contributed by atoms with Gasteiger partial charge >= 0.3 is 30.3 Å². The SMILES string of the molecule is CNC(=O)NC.CNC(=O)OC.CNC(=O)OC.CNC(C)=O.COC.COC(=O)OC.COC(C)=O.CSC(C)=O. The third kappa shape index (κ3) is 136. The maximum Gasteiger partial charge on any atom is 0.507 e. The van der Waals surface area contributed by atoms with E-state index in [0.717, 1.165) is 0 Å². The molecule has 0 aliphatic heterocycles. The van der Waals surface area contributed by atoms with Crippen LogP contribution in [0.4, 0.5) is 19.2 Å². The predicted octanol–water partition coefficient (Wildman–Crippen LogP) is 0.979. The molecule has 0 bridgehead atoms. The van der Waals surface area contributed by atoms with Gasteiger partial charge in [-0.05, 0) is 6.26 Å². The second-order valence-electron chi connectivity index (χ2n) is 5.58. The average Bonchev–Trinajstić information content (AvgIpc) is 3.01. The van der Waals surface area contributed by atoms with E-state index in [9.17, 15) is 33.6 Å². The number of alkyl carbamates (subject to hydrolysis) is 2. The predicted molar refractivity (Wildman–Crippen MR) is 160 cm³/mol. The molecule has 19 heteroatoms. The van der Waals surface area contributed by atoms with Crippen molar-refractivity contribution in [2.75, 3.05) is 91.3 Å². The minimum absolute atomic E-state index is 0.00463. The first-order valence-corrected chi connectivity index (χ1v) is 12.4. The van der Waals surface area contributed by atoms with Gasteiger partial charge in [0.1, 0.15) is 0 Å². The van der Waals surface area contributed by atoms with Gasteiger partial charge in [-0.3, -0.25) is 14.4 Å². The van der Waals surface area contributed by atoms with E-state index in [0.29, 0.717) is 0 Å². The van der Waals surface area contributed by atoms with E-state index in [2.05, 4.69) is 55.0 Å².